The molecule has 0 saturated heterocycles. The normalized spacial score (nSPS) is 16.1. The zero-order valence-corrected chi connectivity index (χ0v) is 22.0. The molecule has 0 N–H and O–H groups in total. The Morgan fingerprint density at radius 2 is 1.71 bits per heavy atom. The van der Waals surface area contributed by atoms with Gasteiger partial charge in [0.15, 0.2) is 0 Å². The van der Waals surface area contributed by atoms with E-state index < -0.39 is 17.9 Å². The predicted octanol–water partition coefficient (Wildman–Crippen LogP) is 5.59. The number of hydrogen-bond donors (Lipinski definition) is 0. The minimum absolute atomic E-state index is 0.109. The highest BCUT2D eigenvalue weighted by atomic mass is 16.5. The third-order valence-electron chi connectivity index (χ3n) is 6.19. The Labute approximate surface area is 221 Å². The fraction of sp³-hybridized carbons (Fsp3) is 0.300. The summed E-state index contributed by atoms with van der Waals surface area (Å²) in [6, 6.07) is 15.0. The summed E-state index contributed by atoms with van der Waals surface area (Å²) in [5.41, 5.74) is 3.18. The van der Waals surface area contributed by atoms with Gasteiger partial charge in [0.1, 0.15) is 18.1 Å². The molecule has 3 aromatic rings. The zero-order chi connectivity index (χ0) is 27.2. The molecule has 0 radical (unpaired) electrons. The average molecular weight is 518 g/mol. The fourth-order valence-electron chi connectivity index (χ4n) is 4.67. The van der Waals surface area contributed by atoms with Crippen LogP contribution in [-0.4, -0.2) is 35.6 Å². The summed E-state index contributed by atoms with van der Waals surface area (Å²) in [5.74, 6) is -0.942. The topological polar surface area (TPSA) is 93.1 Å². The molecule has 198 valence electrons. The highest BCUT2D eigenvalue weighted by molar-refractivity contribution is 5.99. The van der Waals surface area contributed by atoms with E-state index in [0.717, 1.165) is 16.5 Å². The van der Waals surface area contributed by atoms with Crippen molar-refractivity contribution in [3.63, 3.8) is 0 Å². The van der Waals surface area contributed by atoms with Crippen LogP contribution in [0.4, 0.5) is 0 Å². The number of carbonyl (C=O) groups is 3. The lowest BCUT2D eigenvalue weighted by molar-refractivity contribution is -0.139. The van der Waals surface area contributed by atoms with Crippen LogP contribution in [0.2, 0.25) is 0 Å². The Balaban J connectivity index is 1.81. The van der Waals surface area contributed by atoms with Crippen LogP contribution in [0.25, 0.3) is 10.9 Å². The first-order valence-corrected chi connectivity index (χ1v) is 12.6. The monoisotopic (exact) mass is 517 g/mol. The molecule has 0 amide bonds. The minimum Gasteiger partial charge on any atom is -0.497 e. The Kier molecular flexibility index (Phi) is 8.31. The van der Waals surface area contributed by atoms with Crippen molar-refractivity contribution < 1.29 is 33.3 Å². The van der Waals surface area contributed by atoms with Crippen molar-refractivity contribution in [1.82, 2.24) is 4.57 Å². The smallest absolute Gasteiger partial charge is 0.334 e. The Morgan fingerprint density at radius 3 is 2.39 bits per heavy atom. The molecule has 1 aliphatic rings. The van der Waals surface area contributed by atoms with E-state index in [-0.39, 0.29) is 37.2 Å². The number of fused-ring (bicyclic) bond motifs is 3. The van der Waals surface area contributed by atoms with E-state index in [0.29, 0.717) is 23.4 Å². The van der Waals surface area contributed by atoms with Gasteiger partial charge in [-0.25, -0.2) is 14.2 Å². The van der Waals surface area contributed by atoms with E-state index in [4.69, 9.17) is 18.9 Å². The molecule has 1 aliphatic heterocycles. The highest BCUT2D eigenvalue weighted by Crippen LogP contribution is 2.48. The summed E-state index contributed by atoms with van der Waals surface area (Å²) in [6.45, 7) is 7.58. The standard InChI is InChI=1S/C30H31NO7/c1-5-35-25(17-27(34)36-6-2)23-15-22(16-26(33)37-18-21-12-8-7-9-13-21)38-30-29(23)28-19(3)11-10-14-24(28)31(30)20(4)32/h7-14,16-17,23H,5-6,15,18H2,1-4H3/b22-16+,25-17+. The summed E-state index contributed by atoms with van der Waals surface area (Å²) >= 11 is 0. The lowest BCUT2D eigenvalue weighted by atomic mass is 9.88. The van der Waals surface area contributed by atoms with Crippen molar-refractivity contribution in [2.45, 2.75) is 46.6 Å². The molecule has 0 spiro atoms. The van der Waals surface area contributed by atoms with E-state index >= 15 is 0 Å². The maximum Gasteiger partial charge on any atom is 0.334 e. The molecule has 1 unspecified atom stereocenters. The molecule has 38 heavy (non-hydrogen) atoms. The average Bonchev–Trinajstić information content (AvgIpc) is 3.23. The van der Waals surface area contributed by atoms with Crippen molar-refractivity contribution in [2.75, 3.05) is 13.2 Å². The van der Waals surface area contributed by atoms with Crippen LogP contribution in [0, 0.1) is 6.92 Å². The second-order valence-corrected chi connectivity index (χ2v) is 8.84. The van der Waals surface area contributed by atoms with Crippen LogP contribution in [0.3, 0.4) is 0 Å². The van der Waals surface area contributed by atoms with Gasteiger partial charge in [0.2, 0.25) is 11.8 Å². The molecule has 8 heteroatoms. The number of benzene rings is 2. The number of nitrogens with zero attached hydrogens (tertiary/aromatic N) is 1. The van der Waals surface area contributed by atoms with Gasteiger partial charge in [-0.3, -0.25) is 4.79 Å². The molecule has 2 aromatic carbocycles. The number of carbonyl (C=O) groups excluding carboxylic acids is 3. The molecule has 8 nitrogen and oxygen atoms in total. The minimum atomic E-state index is -0.583. The maximum atomic E-state index is 12.8. The largest absolute Gasteiger partial charge is 0.497 e. The van der Waals surface area contributed by atoms with Gasteiger partial charge in [-0.2, -0.15) is 0 Å². The van der Waals surface area contributed by atoms with E-state index in [1.54, 1.807) is 6.92 Å². The predicted molar refractivity (Wildman–Crippen MR) is 142 cm³/mol. The molecule has 2 heterocycles. The lowest BCUT2D eigenvalue weighted by Crippen LogP contribution is -2.20. The van der Waals surface area contributed by atoms with E-state index in [1.165, 1.54) is 23.6 Å². The second kappa shape index (κ2) is 11.8. The number of aromatic nitrogens is 1. The van der Waals surface area contributed by atoms with Crippen molar-refractivity contribution in [2.24, 2.45) is 0 Å². The number of esters is 2. The van der Waals surface area contributed by atoms with Crippen molar-refractivity contribution in [1.29, 1.82) is 0 Å². The number of ether oxygens (including phenoxy) is 4. The highest BCUT2D eigenvalue weighted by Gasteiger charge is 2.37. The Morgan fingerprint density at radius 1 is 0.974 bits per heavy atom. The second-order valence-electron chi connectivity index (χ2n) is 8.84. The van der Waals surface area contributed by atoms with Gasteiger partial charge in [0.25, 0.3) is 0 Å². The zero-order valence-electron chi connectivity index (χ0n) is 22.0. The van der Waals surface area contributed by atoms with Crippen LogP contribution < -0.4 is 4.74 Å². The maximum absolute atomic E-state index is 12.8. The third-order valence-corrected chi connectivity index (χ3v) is 6.19. The molecule has 1 atom stereocenters. The first-order chi connectivity index (χ1) is 18.3. The van der Waals surface area contributed by atoms with Crippen LogP contribution in [0.1, 0.15) is 54.6 Å². The number of hydrogen-bond acceptors (Lipinski definition) is 7. The van der Waals surface area contributed by atoms with Gasteiger partial charge in [-0.1, -0.05) is 42.5 Å². The molecule has 0 aliphatic carbocycles. The van der Waals surface area contributed by atoms with E-state index in [9.17, 15) is 14.4 Å². The summed E-state index contributed by atoms with van der Waals surface area (Å²) < 4.78 is 24.2. The van der Waals surface area contributed by atoms with Gasteiger partial charge < -0.3 is 18.9 Å². The van der Waals surface area contributed by atoms with Gasteiger partial charge in [0.05, 0.1) is 36.8 Å². The molecule has 1 aromatic heterocycles. The van der Waals surface area contributed by atoms with Crippen LogP contribution >= 0.6 is 0 Å². The number of allylic oxidation sites excluding steroid dienone is 2. The van der Waals surface area contributed by atoms with E-state index in [2.05, 4.69) is 0 Å². The van der Waals surface area contributed by atoms with Crippen LogP contribution in [0.5, 0.6) is 5.88 Å². The number of aryl methyl sites for hydroxylation is 1. The Hall–Kier alpha value is -4.33. The summed E-state index contributed by atoms with van der Waals surface area (Å²) in [5, 5.41) is 0.836. The van der Waals surface area contributed by atoms with Crippen molar-refractivity contribution in [3.8, 4) is 5.88 Å². The Bertz CT molecular complexity index is 1420. The molecular weight excluding hydrogens is 486 g/mol. The third kappa shape index (κ3) is 5.64. The molecule has 4 rings (SSSR count). The quantitative estimate of drug-likeness (QED) is 0.219. The van der Waals surface area contributed by atoms with Crippen LogP contribution in [-0.2, 0) is 30.4 Å². The SMILES string of the molecule is CCOC(=O)/C=C(/OCC)C1C/C(=C\C(=O)OCc2ccccc2)Oc2c1c1c(C)cccc1n2C(C)=O. The number of rotatable bonds is 8. The van der Waals surface area contributed by atoms with Crippen LogP contribution in [0.15, 0.2) is 72.2 Å². The fourth-order valence-corrected chi connectivity index (χ4v) is 4.67. The van der Waals surface area contributed by atoms with Gasteiger partial charge >= 0.3 is 11.9 Å². The molecule has 0 bridgehead atoms. The molecular formula is C30H31NO7. The first-order valence-electron chi connectivity index (χ1n) is 12.6. The lowest BCUT2D eigenvalue weighted by Gasteiger charge is -2.28. The molecule has 0 fully saturated rings. The van der Waals surface area contributed by atoms with Gasteiger partial charge in [-0.05, 0) is 38.0 Å². The summed E-state index contributed by atoms with van der Waals surface area (Å²) in [6.07, 6.45) is 2.82. The van der Waals surface area contributed by atoms with Crippen molar-refractivity contribution >= 4 is 28.7 Å². The van der Waals surface area contributed by atoms with Gasteiger partial charge in [-0.15, -0.1) is 0 Å². The van der Waals surface area contributed by atoms with Crippen molar-refractivity contribution in [3.05, 3.63) is 88.9 Å². The summed E-state index contributed by atoms with van der Waals surface area (Å²) in [4.78, 5) is 38.0. The van der Waals surface area contributed by atoms with Gasteiger partial charge in [0, 0.05) is 24.3 Å². The summed E-state index contributed by atoms with van der Waals surface area (Å²) in [7, 11) is 0. The molecule has 0 saturated carbocycles. The van der Waals surface area contributed by atoms with E-state index in [1.807, 2.05) is 62.4 Å². The first kappa shape index (κ1) is 26.7.